The number of carbonyl (C=O) groups excluding carboxylic acids is 1. The Kier molecular flexibility index (Phi) is 1.12. The first-order valence-electron chi connectivity index (χ1n) is 2.12. The van der Waals surface area contributed by atoms with Crippen LogP contribution in [0.25, 0.3) is 0 Å². The minimum Gasteiger partial charge on any atom is -0.298 e. The Morgan fingerprint density at radius 2 is 2.50 bits per heavy atom. The van der Waals surface area contributed by atoms with Crippen molar-refractivity contribution in [1.29, 1.82) is 0 Å². The van der Waals surface area contributed by atoms with Crippen LogP contribution in [0.5, 0.6) is 0 Å². The van der Waals surface area contributed by atoms with E-state index in [4.69, 9.17) is 0 Å². The van der Waals surface area contributed by atoms with E-state index in [1.54, 1.807) is 0 Å². The van der Waals surface area contributed by atoms with Gasteiger partial charge in [0, 0.05) is 18.0 Å². The summed E-state index contributed by atoms with van der Waals surface area (Å²) in [4.78, 5) is 10.2. The molecular formula is C5H4FNO. The van der Waals surface area contributed by atoms with Crippen LogP contribution in [0.15, 0.2) is 18.5 Å². The molecule has 1 rings (SSSR count). The number of rotatable bonds is 1. The largest absolute Gasteiger partial charge is 0.298 e. The van der Waals surface area contributed by atoms with Crippen LogP contribution in [-0.2, 0) is 0 Å². The highest BCUT2D eigenvalue weighted by Gasteiger charge is 1.89. The maximum Gasteiger partial charge on any atom is 0.151 e. The van der Waals surface area contributed by atoms with Crippen molar-refractivity contribution >= 4 is 6.29 Å². The Labute approximate surface area is 45.5 Å². The molecule has 0 saturated carbocycles. The van der Waals surface area contributed by atoms with E-state index < -0.39 is 0 Å². The molecule has 0 N–H and O–H groups in total. The lowest BCUT2D eigenvalue weighted by Crippen LogP contribution is -1.72. The molecule has 0 spiro atoms. The number of carbonyl (C=O) groups is 1. The van der Waals surface area contributed by atoms with Crippen molar-refractivity contribution in [1.82, 2.24) is 4.79 Å². The van der Waals surface area contributed by atoms with Crippen molar-refractivity contribution in [2.45, 2.75) is 0 Å². The van der Waals surface area contributed by atoms with Crippen molar-refractivity contribution in [2.24, 2.45) is 0 Å². The number of halogens is 1. The molecule has 3 heteroatoms. The molecule has 0 aliphatic heterocycles. The molecule has 1 aromatic rings. The van der Waals surface area contributed by atoms with E-state index in [0.717, 1.165) is 6.20 Å². The van der Waals surface area contributed by atoms with Crippen molar-refractivity contribution in [2.75, 3.05) is 0 Å². The fourth-order valence-electron chi connectivity index (χ4n) is 0.455. The van der Waals surface area contributed by atoms with Crippen LogP contribution >= 0.6 is 0 Å². The number of hydrogen-bond acceptors (Lipinski definition) is 1. The van der Waals surface area contributed by atoms with Gasteiger partial charge >= 0.3 is 0 Å². The summed E-state index contributed by atoms with van der Waals surface area (Å²) >= 11 is 0. The molecule has 0 aliphatic carbocycles. The molecule has 42 valence electrons. The van der Waals surface area contributed by atoms with Gasteiger partial charge in [-0.3, -0.25) is 4.79 Å². The van der Waals surface area contributed by atoms with Crippen LogP contribution in [0, 0.1) is 0 Å². The number of aromatic nitrogens is 1. The van der Waals surface area contributed by atoms with E-state index in [-0.39, 0.29) is 0 Å². The van der Waals surface area contributed by atoms with Crippen molar-refractivity contribution in [3.05, 3.63) is 24.0 Å². The van der Waals surface area contributed by atoms with Crippen LogP contribution < -0.4 is 0 Å². The zero-order valence-electron chi connectivity index (χ0n) is 4.04. The van der Waals surface area contributed by atoms with Gasteiger partial charge in [0.1, 0.15) is 0 Å². The first-order valence-corrected chi connectivity index (χ1v) is 2.12. The van der Waals surface area contributed by atoms with Gasteiger partial charge in [0.2, 0.25) is 0 Å². The fraction of sp³-hybridized carbons (Fsp3) is 0. The Bertz CT molecular complexity index is 194. The summed E-state index contributed by atoms with van der Waals surface area (Å²) in [5.41, 5.74) is 0.354. The second-order valence-corrected chi connectivity index (χ2v) is 1.41. The maximum atomic E-state index is 11.9. The van der Waals surface area contributed by atoms with Crippen molar-refractivity contribution in [3.63, 3.8) is 0 Å². The van der Waals surface area contributed by atoms with Crippen LogP contribution in [0.3, 0.4) is 0 Å². The average molecular weight is 113 g/mol. The van der Waals surface area contributed by atoms with E-state index in [0.29, 0.717) is 16.6 Å². The van der Waals surface area contributed by atoms with E-state index >= 15 is 0 Å². The van der Waals surface area contributed by atoms with Gasteiger partial charge in [-0.05, 0) is 6.07 Å². The third kappa shape index (κ3) is 0.753. The van der Waals surface area contributed by atoms with Gasteiger partial charge in [-0.2, -0.15) is 4.79 Å². The number of aldehydes is 1. The lowest BCUT2D eigenvalue weighted by molar-refractivity contribution is 0.112. The monoisotopic (exact) mass is 113 g/mol. The normalized spacial score (nSPS) is 9.12. The Morgan fingerprint density at radius 1 is 1.75 bits per heavy atom. The summed E-state index contributed by atoms with van der Waals surface area (Å²) in [6, 6.07) is 1.40. The quantitative estimate of drug-likeness (QED) is 0.498. The van der Waals surface area contributed by atoms with Crippen LogP contribution in [0.4, 0.5) is 4.48 Å². The molecule has 0 radical (unpaired) electrons. The molecule has 1 heterocycles. The molecule has 0 unspecified atom stereocenters. The molecule has 8 heavy (non-hydrogen) atoms. The molecule has 0 fully saturated rings. The van der Waals surface area contributed by atoms with E-state index in [2.05, 4.69) is 0 Å². The van der Waals surface area contributed by atoms with Gasteiger partial charge < -0.3 is 0 Å². The lowest BCUT2D eigenvalue weighted by Gasteiger charge is -1.74. The average Bonchev–Trinajstić information content (AvgIpc) is 2.14. The van der Waals surface area contributed by atoms with Gasteiger partial charge in [-0.1, -0.05) is 4.48 Å². The second-order valence-electron chi connectivity index (χ2n) is 1.41. The Balaban J connectivity index is 3.00. The van der Waals surface area contributed by atoms with Crippen molar-refractivity contribution < 1.29 is 9.28 Å². The molecule has 1 aromatic heterocycles. The fourth-order valence-corrected chi connectivity index (χ4v) is 0.455. The zero-order valence-corrected chi connectivity index (χ0v) is 4.04. The highest BCUT2D eigenvalue weighted by Crippen LogP contribution is 1.95. The summed E-state index contributed by atoms with van der Waals surface area (Å²) < 4.78 is 11.9. The molecule has 0 saturated heterocycles. The van der Waals surface area contributed by atoms with Crippen LogP contribution in [0.1, 0.15) is 10.4 Å². The first kappa shape index (κ1) is 5.03. The molecule has 0 amide bonds. The molecule has 2 nitrogen and oxygen atoms in total. The predicted octanol–water partition coefficient (Wildman–Crippen LogP) is 1.03. The predicted molar refractivity (Wildman–Crippen MR) is 26.3 cm³/mol. The second kappa shape index (κ2) is 1.78. The molecular weight excluding hydrogens is 109 g/mol. The third-order valence-corrected chi connectivity index (χ3v) is 0.818. The summed E-state index contributed by atoms with van der Waals surface area (Å²) in [5, 5.41) is 0. The van der Waals surface area contributed by atoms with Gasteiger partial charge in [0.05, 0.1) is 0 Å². The van der Waals surface area contributed by atoms with Gasteiger partial charge in [-0.25, -0.2) is 0 Å². The standard InChI is InChI=1S/C5H4FNO/c6-7-2-1-5(3-7)4-8/h1-4H. The minimum absolute atomic E-state index is 0.337. The molecule has 0 aliphatic rings. The van der Waals surface area contributed by atoms with E-state index in [1.165, 1.54) is 12.3 Å². The summed E-state index contributed by atoms with van der Waals surface area (Å²) in [7, 11) is 0. The van der Waals surface area contributed by atoms with Gasteiger partial charge in [0.15, 0.2) is 6.29 Å². The summed E-state index contributed by atoms with van der Waals surface area (Å²) in [6.07, 6.45) is 2.87. The Hall–Kier alpha value is -1.12. The molecule has 0 aromatic carbocycles. The topological polar surface area (TPSA) is 22.0 Å². The summed E-state index contributed by atoms with van der Waals surface area (Å²) in [6.45, 7) is 0. The maximum absolute atomic E-state index is 11.9. The van der Waals surface area contributed by atoms with E-state index in [1.807, 2.05) is 0 Å². The summed E-state index contributed by atoms with van der Waals surface area (Å²) in [5.74, 6) is 0. The van der Waals surface area contributed by atoms with Gasteiger partial charge in [0.25, 0.3) is 0 Å². The van der Waals surface area contributed by atoms with Gasteiger partial charge in [-0.15, -0.1) is 0 Å². The minimum atomic E-state index is 0.337. The highest BCUT2D eigenvalue weighted by atomic mass is 19.2. The lowest BCUT2D eigenvalue weighted by atomic mass is 10.4. The molecule has 0 bridgehead atoms. The molecule has 0 atom stereocenters. The van der Waals surface area contributed by atoms with Crippen LogP contribution in [-0.4, -0.2) is 11.1 Å². The third-order valence-electron chi connectivity index (χ3n) is 0.818. The number of nitrogens with zero attached hydrogens (tertiary/aromatic N) is 1. The van der Waals surface area contributed by atoms with E-state index in [9.17, 15) is 9.28 Å². The Morgan fingerprint density at radius 3 is 2.75 bits per heavy atom. The highest BCUT2D eigenvalue weighted by molar-refractivity contribution is 5.74. The SMILES string of the molecule is O=Cc1ccn(F)c1. The smallest absolute Gasteiger partial charge is 0.151 e. The van der Waals surface area contributed by atoms with Crippen LogP contribution in [0.2, 0.25) is 0 Å². The zero-order chi connectivity index (χ0) is 5.98. The number of hydrogen-bond donors (Lipinski definition) is 0. The first-order chi connectivity index (χ1) is 3.83. The van der Waals surface area contributed by atoms with Crippen molar-refractivity contribution in [3.8, 4) is 0 Å².